The minimum Gasteiger partial charge on any atom is -0.397 e. The van der Waals surface area contributed by atoms with Gasteiger partial charge in [0.15, 0.2) is 0 Å². The highest BCUT2D eigenvalue weighted by atomic mass is 28.4. The van der Waals surface area contributed by atoms with E-state index < -0.39 is 8.56 Å². The smallest absolute Gasteiger partial charge is 0.340 e. The lowest BCUT2D eigenvalue weighted by Crippen LogP contribution is -2.46. The van der Waals surface area contributed by atoms with Crippen LogP contribution in [-0.4, -0.2) is 35.0 Å². The molecule has 0 amide bonds. The molecule has 0 aromatic carbocycles. The maximum atomic E-state index is 5.70. The molecule has 0 aromatic heterocycles. The number of hydrogen-bond donors (Lipinski definition) is 0. The maximum absolute atomic E-state index is 5.70. The summed E-state index contributed by atoms with van der Waals surface area (Å²) >= 11 is 0. The van der Waals surface area contributed by atoms with Crippen molar-refractivity contribution in [3.8, 4) is 0 Å². The van der Waals surface area contributed by atoms with Gasteiger partial charge >= 0.3 is 8.56 Å². The summed E-state index contributed by atoms with van der Waals surface area (Å²) in [6.45, 7) is 2.18. The van der Waals surface area contributed by atoms with Crippen molar-refractivity contribution in [2.45, 2.75) is 50.0 Å². The fourth-order valence-electron chi connectivity index (χ4n) is 2.80. The Bertz CT molecular complexity index is 197. The van der Waals surface area contributed by atoms with E-state index in [9.17, 15) is 0 Å². The molecule has 1 aliphatic heterocycles. The zero-order valence-corrected chi connectivity index (χ0v) is 10.3. The summed E-state index contributed by atoms with van der Waals surface area (Å²) in [5.41, 5.74) is 0.631. The zero-order valence-electron chi connectivity index (χ0n) is 9.29. The van der Waals surface area contributed by atoms with Gasteiger partial charge in [-0.25, -0.2) is 0 Å². The molecule has 2 fully saturated rings. The fraction of sp³-hybridized carbons (Fsp3) is 1.00. The predicted octanol–water partition coefficient (Wildman–Crippen LogP) is 2.06. The SMILES string of the molecule is CC[Si](OC)(OC)C1CCC2OC2C1. The third-order valence-corrected chi connectivity index (χ3v) is 7.95. The Hall–Kier alpha value is 0.0969. The van der Waals surface area contributed by atoms with E-state index in [0.717, 1.165) is 12.5 Å². The summed E-state index contributed by atoms with van der Waals surface area (Å²) in [6.07, 6.45) is 4.69. The van der Waals surface area contributed by atoms with E-state index in [4.69, 9.17) is 13.6 Å². The Labute approximate surface area is 87.0 Å². The second-order valence-corrected chi connectivity index (χ2v) is 8.26. The maximum Gasteiger partial charge on any atom is 0.340 e. The number of hydrogen-bond acceptors (Lipinski definition) is 3. The van der Waals surface area contributed by atoms with Gasteiger partial charge in [-0.05, 0) is 25.3 Å². The Morgan fingerprint density at radius 3 is 2.43 bits per heavy atom. The van der Waals surface area contributed by atoms with Crippen molar-refractivity contribution in [3.05, 3.63) is 0 Å². The van der Waals surface area contributed by atoms with Crippen LogP contribution in [0.4, 0.5) is 0 Å². The van der Waals surface area contributed by atoms with E-state index in [1.807, 2.05) is 0 Å². The van der Waals surface area contributed by atoms with Gasteiger partial charge in [0.2, 0.25) is 0 Å². The monoisotopic (exact) mass is 216 g/mol. The van der Waals surface area contributed by atoms with Gasteiger partial charge in [0.25, 0.3) is 0 Å². The minimum atomic E-state index is -1.91. The van der Waals surface area contributed by atoms with Crippen molar-refractivity contribution in [2.24, 2.45) is 0 Å². The van der Waals surface area contributed by atoms with Crippen LogP contribution in [0.25, 0.3) is 0 Å². The summed E-state index contributed by atoms with van der Waals surface area (Å²) < 4.78 is 17.0. The molecule has 3 atom stereocenters. The first kappa shape index (κ1) is 10.6. The lowest BCUT2D eigenvalue weighted by atomic mass is 10.0. The third kappa shape index (κ3) is 1.64. The van der Waals surface area contributed by atoms with E-state index in [0.29, 0.717) is 17.7 Å². The number of ether oxygens (including phenoxy) is 1. The van der Waals surface area contributed by atoms with E-state index in [1.165, 1.54) is 12.8 Å². The van der Waals surface area contributed by atoms with Gasteiger partial charge in [0.05, 0.1) is 12.2 Å². The van der Waals surface area contributed by atoms with Crippen LogP contribution in [0.5, 0.6) is 0 Å². The van der Waals surface area contributed by atoms with E-state index in [-0.39, 0.29) is 0 Å². The molecule has 0 bridgehead atoms. The van der Waals surface area contributed by atoms with Crippen LogP contribution >= 0.6 is 0 Å². The summed E-state index contributed by atoms with van der Waals surface area (Å²) in [4.78, 5) is 0. The molecular weight excluding hydrogens is 196 g/mol. The highest BCUT2D eigenvalue weighted by molar-refractivity contribution is 6.68. The average molecular weight is 216 g/mol. The second kappa shape index (κ2) is 3.93. The van der Waals surface area contributed by atoms with Crippen molar-refractivity contribution < 1.29 is 13.6 Å². The zero-order chi connectivity index (χ0) is 10.2. The van der Waals surface area contributed by atoms with Gasteiger partial charge in [-0.1, -0.05) is 6.92 Å². The molecule has 3 nitrogen and oxygen atoms in total. The van der Waals surface area contributed by atoms with Crippen LogP contribution in [0.15, 0.2) is 0 Å². The average Bonchev–Trinajstić information content (AvgIpc) is 2.99. The Morgan fingerprint density at radius 2 is 1.93 bits per heavy atom. The first-order chi connectivity index (χ1) is 6.75. The molecule has 1 saturated carbocycles. The van der Waals surface area contributed by atoms with Crippen molar-refractivity contribution in [1.82, 2.24) is 0 Å². The number of epoxide rings is 1. The van der Waals surface area contributed by atoms with Gasteiger partial charge in [0, 0.05) is 19.8 Å². The molecule has 0 spiro atoms. The largest absolute Gasteiger partial charge is 0.397 e. The van der Waals surface area contributed by atoms with Crippen LogP contribution in [0.2, 0.25) is 11.6 Å². The highest BCUT2D eigenvalue weighted by Gasteiger charge is 2.52. The summed E-state index contributed by atoms with van der Waals surface area (Å²) in [6, 6.07) is 1.04. The first-order valence-electron chi connectivity index (χ1n) is 5.51. The molecular formula is C10H20O3Si. The van der Waals surface area contributed by atoms with Crippen LogP contribution in [0, 0.1) is 0 Å². The van der Waals surface area contributed by atoms with Gasteiger partial charge in [0.1, 0.15) is 0 Å². The van der Waals surface area contributed by atoms with Crippen molar-refractivity contribution in [3.63, 3.8) is 0 Å². The molecule has 14 heavy (non-hydrogen) atoms. The number of fused-ring (bicyclic) bond motifs is 1. The Morgan fingerprint density at radius 1 is 1.21 bits per heavy atom. The van der Waals surface area contributed by atoms with Crippen LogP contribution < -0.4 is 0 Å². The van der Waals surface area contributed by atoms with E-state index in [1.54, 1.807) is 14.2 Å². The molecule has 2 aliphatic rings. The topological polar surface area (TPSA) is 31.0 Å². The standard InChI is InChI=1S/C10H20O3Si/c1-4-14(11-2,12-3)8-5-6-9-10(7-8)13-9/h8-10H,4-7H2,1-3H3. The Kier molecular flexibility index (Phi) is 2.97. The van der Waals surface area contributed by atoms with Crippen molar-refractivity contribution in [2.75, 3.05) is 14.2 Å². The highest BCUT2D eigenvalue weighted by Crippen LogP contribution is 2.47. The predicted molar refractivity (Wildman–Crippen MR) is 56.5 cm³/mol. The molecule has 4 heteroatoms. The third-order valence-electron chi connectivity index (χ3n) is 3.81. The summed E-state index contributed by atoms with van der Waals surface area (Å²) in [7, 11) is 1.70. The lowest BCUT2D eigenvalue weighted by molar-refractivity contribution is 0.220. The van der Waals surface area contributed by atoms with Crippen LogP contribution in [0.3, 0.4) is 0 Å². The normalized spacial score (nSPS) is 36.6. The quantitative estimate of drug-likeness (QED) is 0.532. The van der Waals surface area contributed by atoms with Crippen LogP contribution in [0.1, 0.15) is 26.2 Å². The van der Waals surface area contributed by atoms with Crippen molar-refractivity contribution in [1.29, 1.82) is 0 Å². The molecule has 82 valence electrons. The molecule has 0 radical (unpaired) electrons. The van der Waals surface area contributed by atoms with Gasteiger partial charge in [-0.2, -0.15) is 0 Å². The molecule has 1 aliphatic carbocycles. The number of rotatable bonds is 4. The lowest BCUT2D eigenvalue weighted by Gasteiger charge is -2.35. The van der Waals surface area contributed by atoms with Gasteiger partial charge in [-0.15, -0.1) is 0 Å². The minimum absolute atomic E-state index is 0.525. The van der Waals surface area contributed by atoms with Crippen LogP contribution in [-0.2, 0) is 13.6 Å². The van der Waals surface area contributed by atoms with E-state index in [2.05, 4.69) is 6.92 Å². The second-order valence-electron chi connectivity index (χ2n) is 4.30. The van der Waals surface area contributed by atoms with E-state index >= 15 is 0 Å². The van der Waals surface area contributed by atoms with Gasteiger partial charge < -0.3 is 13.6 Å². The Balaban J connectivity index is 2.02. The first-order valence-corrected chi connectivity index (χ1v) is 7.61. The molecule has 0 N–H and O–H groups in total. The molecule has 1 heterocycles. The molecule has 1 saturated heterocycles. The summed E-state index contributed by atoms with van der Waals surface area (Å²) in [5.74, 6) is 0. The van der Waals surface area contributed by atoms with Gasteiger partial charge in [-0.3, -0.25) is 0 Å². The molecule has 2 rings (SSSR count). The summed E-state index contributed by atoms with van der Waals surface area (Å²) in [5, 5.41) is 0. The van der Waals surface area contributed by atoms with Crippen molar-refractivity contribution >= 4 is 8.56 Å². The fourth-order valence-corrected chi connectivity index (χ4v) is 5.98. The molecule has 0 aromatic rings. The molecule has 3 unspecified atom stereocenters.